The molecule has 0 aromatic rings. The van der Waals surface area contributed by atoms with Crippen molar-refractivity contribution in [2.75, 3.05) is 13.7 Å². The summed E-state index contributed by atoms with van der Waals surface area (Å²) in [5.74, 6) is -0.0811. The lowest BCUT2D eigenvalue weighted by molar-refractivity contribution is -0.149. The number of likely N-dealkylation sites (tertiary alicyclic amines) is 1. The molecule has 1 fully saturated rings. The summed E-state index contributed by atoms with van der Waals surface area (Å²) in [5.41, 5.74) is 6.19. The van der Waals surface area contributed by atoms with Crippen LogP contribution in [-0.4, -0.2) is 42.0 Å². The zero-order chi connectivity index (χ0) is 23.2. The Bertz CT molecular complexity index is 571. The molecule has 3 unspecified atom stereocenters. The lowest BCUT2D eigenvalue weighted by atomic mass is 9.56. The topological polar surface area (TPSA) is 72.6 Å². The van der Waals surface area contributed by atoms with Crippen LogP contribution in [0.25, 0.3) is 0 Å². The Balaban J connectivity index is 3.41. The molecule has 1 aliphatic heterocycles. The molecule has 0 saturated carbocycles. The molecule has 3 atom stereocenters. The van der Waals surface area contributed by atoms with Crippen LogP contribution in [-0.2, 0) is 14.3 Å². The van der Waals surface area contributed by atoms with E-state index < -0.39 is 0 Å². The van der Waals surface area contributed by atoms with Crippen molar-refractivity contribution in [2.24, 2.45) is 22.5 Å². The van der Waals surface area contributed by atoms with Crippen molar-refractivity contribution in [3.8, 4) is 0 Å². The number of methoxy groups -OCH3 is 1. The third-order valence-corrected chi connectivity index (χ3v) is 8.52. The molecule has 30 heavy (non-hydrogen) atoms. The summed E-state index contributed by atoms with van der Waals surface area (Å²) >= 11 is 0. The van der Waals surface area contributed by atoms with Crippen molar-refractivity contribution in [3.63, 3.8) is 0 Å². The SMILES string of the molecule is CCC(N)(CC)CC(N1CCCCCC1=O)C(C)(C)C(C)(CC)CC(C)C(=O)OC. The average Bonchev–Trinajstić information content (AvgIpc) is 2.94. The molecule has 1 amide bonds. The number of esters is 1. The van der Waals surface area contributed by atoms with Gasteiger partial charge in [-0.15, -0.1) is 0 Å². The minimum Gasteiger partial charge on any atom is -0.469 e. The predicted molar refractivity (Wildman–Crippen MR) is 124 cm³/mol. The van der Waals surface area contributed by atoms with Crippen molar-refractivity contribution in [3.05, 3.63) is 0 Å². The number of ether oxygens (including phenoxy) is 1. The van der Waals surface area contributed by atoms with Crippen LogP contribution in [0.3, 0.4) is 0 Å². The molecule has 1 aliphatic rings. The molecule has 0 radical (unpaired) electrons. The zero-order valence-electron chi connectivity index (χ0n) is 21.0. The van der Waals surface area contributed by atoms with Gasteiger partial charge in [0.05, 0.1) is 13.0 Å². The molecule has 0 bridgehead atoms. The van der Waals surface area contributed by atoms with Crippen LogP contribution >= 0.6 is 0 Å². The van der Waals surface area contributed by atoms with E-state index in [2.05, 4.69) is 46.4 Å². The normalized spacial score (nSPS) is 20.3. The van der Waals surface area contributed by atoms with Gasteiger partial charge < -0.3 is 15.4 Å². The molecule has 0 spiro atoms. The highest BCUT2D eigenvalue weighted by molar-refractivity contribution is 5.77. The van der Waals surface area contributed by atoms with Gasteiger partial charge in [0, 0.05) is 24.5 Å². The molecular formula is C25H48N2O3. The van der Waals surface area contributed by atoms with Gasteiger partial charge in [0.2, 0.25) is 5.91 Å². The number of nitrogens with zero attached hydrogens (tertiary/aromatic N) is 1. The smallest absolute Gasteiger partial charge is 0.308 e. The Morgan fingerprint density at radius 3 is 2.17 bits per heavy atom. The highest BCUT2D eigenvalue weighted by Gasteiger charge is 2.50. The first-order valence-electron chi connectivity index (χ1n) is 12.1. The van der Waals surface area contributed by atoms with Gasteiger partial charge in [-0.25, -0.2) is 0 Å². The maximum absolute atomic E-state index is 13.2. The second-order valence-corrected chi connectivity index (χ2v) is 10.5. The molecule has 176 valence electrons. The number of nitrogens with two attached hydrogens (primary N) is 1. The highest BCUT2D eigenvalue weighted by atomic mass is 16.5. The molecule has 1 heterocycles. The Morgan fingerprint density at radius 1 is 1.07 bits per heavy atom. The van der Waals surface area contributed by atoms with E-state index in [-0.39, 0.29) is 40.2 Å². The molecular weight excluding hydrogens is 376 g/mol. The van der Waals surface area contributed by atoms with Gasteiger partial charge in [0.15, 0.2) is 0 Å². The molecule has 0 aliphatic carbocycles. The van der Waals surface area contributed by atoms with E-state index in [4.69, 9.17) is 10.5 Å². The first-order valence-corrected chi connectivity index (χ1v) is 12.1. The number of carbonyl (C=O) groups excluding carboxylic acids is 2. The van der Waals surface area contributed by atoms with Gasteiger partial charge in [0.25, 0.3) is 0 Å². The van der Waals surface area contributed by atoms with Crippen molar-refractivity contribution >= 4 is 11.9 Å². The minimum atomic E-state index is -0.295. The van der Waals surface area contributed by atoms with Crippen molar-refractivity contribution in [1.29, 1.82) is 0 Å². The highest BCUT2D eigenvalue weighted by Crippen LogP contribution is 2.52. The monoisotopic (exact) mass is 424 g/mol. The van der Waals surface area contributed by atoms with Gasteiger partial charge in [-0.2, -0.15) is 0 Å². The van der Waals surface area contributed by atoms with E-state index in [0.717, 1.165) is 57.9 Å². The van der Waals surface area contributed by atoms with Crippen LogP contribution in [0.2, 0.25) is 0 Å². The third kappa shape index (κ3) is 5.99. The number of hydrogen-bond acceptors (Lipinski definition) is 4. The summed E-state index contributed by atoms with van der Waals surface area (Å²) in [4.78, 5) is 27.5. The van der Waals surface area contributed by atoms with E-state index in [1.807, 2.05) is 6.92 Å². The van der Waals surface area contributed by atoms with E-state index in [1.54, 1.807) is 0 Å². The fourth-order valence-corrected chi connectivity index (χ4v) is 5.24. The summed E-state index contributed by atoms with van der Waals surface area (Å²) in [6.45, 7) is 16.1. The predicted octanol–water partition coefficient (Wildman–Crippen LogP) is 5.31. The van der Waals surface area contributed by atoms with Gasteiger partial charge in [0.1, 0.15) is 0 Å². The maximum atomic E-state index is 13.2. The zero-order valence-corrected chi connectivity index (χ0v) is 21.0. The molecule has 1 saturated heterocycles. The van der Waals surface area contributed by atoms with Crippen LogP contribution < -0.4 is 5.73 Å². The van der Waals surface area contributed by atoms with Gasteiger partial charge >= 0.3 is 5.97 Å². The molecule has 0 aromatic heterocycles. The summed E-state index contributed by atoms with van der Waals surface area (Å²) in [6.07, 6.45) is 7.99. The molecule has 2 N–H and O–H groups in total. The fraction of sp³-hybridized carbons (Fsp3) is 0.920. The van der Waals surface area contributed by atoms with Crippen molar-refractivity contribution in [2.45, 2.75) is 118 Å². The van der Waals surface area contributed by atoms with E-state index in [9.17, 15) is 9.59 Å². The van der Waals surface area contributed by atoms with E-state index in [1.165, 1.54) is 7.11 Å². The summed E-state index contributed by atoms with van der Waals surface area (Å²) in [7, 11) is 1.46. The number of amides is 1. The number of hydrogen-bond donors (Lipinski definition) is 1. The Morgan fingerprint density at radius 2 is 1.67 bits per heavy atom. The first-order chi connectivity index (χ1) is 13.9. The van der Waals surface area contributed by atoms with Crippen molar-refractivity contribution < 1.29 is 14.3 Å². The lowest BCUT2D eigenvalue weighted by Gasteiger charge is -2.54. The third-order valence-electron chi connectivity index (χ3n) is 8.52. The first kappa shape index (κ1) is 26.9. The van der Waals surface area contributed by atoms with Crippen LogP contribution in [0.1, 0.15) is 106 Å². The Kier molecular flexibility index (Phi) is 9.85. The average molecular weight is 425 g/mol. The van der Waals surface area contributed by atoms with Crippen LogP contribution in [0, 0.1) is 16.7 Å². The van der Waals surface area contributed by atoms with Crippen LogP contribution in [0.15, 0.2) is 0 Å². The minimum absolute atomic E-state index is 0.0443. The molecule has 5 heteroatoms. The summed E-state index contributed by atoms with van der Waals surface area (Å²) in [6, 6.07) is 0.0443. The second-order valence-electron chi connectivity index (χ2n) is 10.5. The van der Waals surface area contributed by atoms with Gasteiger partial charge in [-0.05, 0) is 49.4 Å². The Hall–Kier alpha value is -1.10. The lowest BCUT2D eigenvalue weighted by Crippen LogP contribution is -2.59. The largest absolute Gasteiger partial charge is 0.469 e. The molecule has 5 nitrogen and oxygen atoms in total. The fourth-order valence-electron chi connectivity index (χ4n) is 5.24. The molecule has 1 rings (SSSR count). The van der Waals surface area contributed by atoms with Gasteiger partial charge in [-0.3, -0.25) is 9.59 Å². The van der Waals surface area contributed by atoms with E-state index in [0.29, 0.717) is 6.42 Å². The quantitative estimate of drug-likeness (QED) is 0.456. The molecule has 0 aromatic carbocycles. The summed E-state index contributed by atoms with van der Waals surface area (Å²) < 4.78 is 5.02. The van der Waals surface area contributed by atoms with Crippen molar-refractivity contribution in [1.82, 2.24) is 4.90 Å². The second kappa shape index (κ2) is 11.0. The standard InChI is InChI=1S/C25H48N2O3/c1-9-24(7,17-19(4)22(29)30-8)23(5,6)20(18-25(26,10-2)11-3)27-16-14-12-13-15-21(27)28/h19-20H,9-18,26H2,1-8H3. The van der Waals surface area contributed by atoms with Crippen LogP contribution in [0.5, 0.6) is 0 Å². The number of rotatable bonds is 11. The Labute approximate surface area is 185 Å². The van der Waals surface area contributed by atoms with Gasteiger partial charge in [-0.1, -0.05) is 61.3 Å². The van der Waals surface area contributed by atoms with Crippen LogP contribution in [0.4, 0.5) is 0 Å². The number of carbonyl (C=O) groups is 2. The maximum Gasteiger partial charge on any atom is 0.308 e. The van der Waals surface area contributed by atoms with E-state index >= 15 is 0 Å². The summed E-state index contributed by atoms with van der Waals surface area (Å²) in [5, 5.41) is 0.